The number of amides is 1. The van der Waals surface area contributed by atoms with Gasteiger partial charge in [0.1, 0.15) is 23.5 Å². The minimum Gasteiger partial charge on any atom is -0.408 e. The van der Waals surface area contributed by atoms with Gasteiger partial charge in [-0.05, 0) is 30.4 Å². The Bertz CT molecular complexity index is 1610. The van der Waals surface area contributed by atoms with Crippen molar-refractivity contribution < 1.29 is 26.4 Å². The van der Waals surface area contributed by atoms with Gasteiger partial charge in [0.2, 0.25) is 9.84 Å². The van der Waals surface area contributed by atoms with Crippen LogP contribution in [-0.2, 0) is 9.84 Å². The lowest BCUT2D eigenvalue weighted by Gasteiger charge is -2.13. The van der Waals surface area contributed by atoms with Gasteiger partial charge in [0.25, 0.3) is 11.8 Å². The van der Waals surface area contributed by atoms with E-state index in [1.165, 1.54) is 10.8 Å². The van der Waals surface area contributed by atoms with Crippen LogP contribution in [0.15, 0.2) is 34.3 Å². The number of carbonyl (C=O) groups excluding carboxylic acids is 1. The minimum absolute atomic E-state index is 0.000466. The lowest BCUT2D eigenvalue weighted by Crippen LogP contribution is -2.26. The van der Waals surface area contributed by atoms with Crippen LogP contribution in [0.4, 0.5) is 20.3 Å². The topological polar surface area (TPSA) is 144 Å². The summed E-state index contributed by atoms with van der Waals surface area (Å²) >= 11 is 0. The number of aromatic nitrogens is 5. The van der Waals surface area contributed by atoms with Crippen LogP contribution < -0.4 is 10.6 Å². The SMILES string of the molecule is CC(C)c1c(-c2nnc(S(C)(=O)=O)o2)cn2ncnc(Nc3cc(C(=O)NC4CC4)c(F)cc3F)c12. The lowest BCUT2D eigenvalue weighted by atomic mass is 10.00. The maximum atomic E-state index is 14.7. The zero-order chi connectivity index (χ0) is 25.8. The molecule has 36 heavy (non-hydrogen) atoms. The molecule has 3 aromatic heterocycles. The number of hydrogen-bond acceptors (Lipinski definition) is 9. The maximum Gasteiger partial charge on any atom is 0.335 e. The third kappa shape index (κ3) is 4.39. The molecule has 188 valence electrons. The number of carbonyl (C=O) groups is 1. The highest BCUT2D eigenvalue weighted by Crippen LogP contribution is 2.37. The van der Waals surface area contributed by atoms with Gasteiger partial charge in [0.15, 0.2) is 5.82 Å². The molecule has 0 aliphatic heterocycles. The molecular weight excluding hydrogens is 496 g/mol. The van der Waals surface area contributed by atoms with Gasteiger partial charge in [-0.1, -0.05) is 18.9 Å². The van der Waals surface area contributed by atoms with Crippen LogP contribution in [0.2, 0.25) is 0 Å². The van der Waals surface area contributed by atoms with Crippen molar-refractivity contribution in [1.82, 2.24) is 30.1 Å². The molecule has 0 spiro atoms. The van der Waals surface area contributed by atoms with E-state index in [1.807, 2.05) is 13.8 Å². The maximum absolute atomic E-state index is 14.7. The van der Waals surface area contributed by atoms with Crippen LogP contribution in [-0.4, -0.2) is 51.4 Å². The van der Waals surface area contributed by atoms with E-state index < -0.39 is 32.6 Å². The highest BCUT2D eigenvalue weighted by atomic mass is 32.2. The molecule has 1 saturated carbocycles. The van der Waals surface area contributed by atoms with Crippen LogP contribution in [0.3, 0.4) is 0 Å². The molecule has 11 nitrogen and oxygen atoms in total. The molecule has 5 rings (SSSR count). The molecule has 1 aromatic carbocycles. The van der Waals surface area contributed by atoms with E-state index in [2.05, 4.69) is 30.9 Å². The normalized spacial score (nSPS) is 13.9. The van der Waals surface area contributed by atoms with Crippen molar-refractivity contribution in [1.29, 1.82) is 0 Å². The number of nitrogens with zero attached hydrogens (tertiary/aromatic N) is 5. The van der Waals surface area contributed by atoms with Crippen LogP contribution >= 0.6 is 0 Å². The number of benzene rings is 1. The van der Waals surface area contributed by atoms with Gasteiger partial charge in [0, 0.05) is 24.6 Å². The molecule has 0 bridgehead atoms. The van der Waals surface area contributed by atoms with Crippen molar-refractivity contribution >= 4 is 32.8 Å². The number of sulfone groups is 1. The molecule has 1 aliphatic carbocycles. The predicted molar refractivity (Wildman–Crippen MR) is 124 cm³/mol. The van der Waals surface area contributed by atoms with Crippen LogP contribution in [0.25, 0.3) is 17.0 Å². The van der Waals surface area contributed by atoms with Gasteiger partial charge in [-0.15, -0.1) is 5.10 Å². The van der Waals surface area contributed by atoms with E-state index in [9.17, 15) is 22.0 Å². The van der Waals surface area contributed by atoms with Gasteiger partial charge < -0.3 is 15.1 Å². The Hall–Kier alpha value is -3.94. The highest BCUT2D eigenvalue weighted by Gasteiger charge is 2.27. The summed E-state index contributed by atoms with van der Waals surface area (Å²) in [5.74, 6) is -2.56. The summed E-state index contributed by atoms with van der Waals surface area (Å²) in [4.78, 5) is 16.6. The molecule has 0 radical (unpaired) electrons. The van der Waals surface area contributed by atoms with Crippen molar-refractivity contribution in [2.24, 2.45) is 0 Å². The molecule has 14 heteroatoms. The van der Waals surface area contributed by atoms with Gasteiger partial charge in [0.05, 0.1) is 16.8 Å². The van der Waals surface area contributed by atoms with E-state index in [-0.39, 0.29) is 34.9 Å². The average molecular weight is 518 g/mol. The molecule has 1 aliphatic rings. The molecule has 2 N–H and O–H groups in total. The summed E-state index contributed by atoms with van der Waals surface area (Å²) in [6, 6.07) is 1.73. The van der Waals surface area contributed by atoms with E-state index in [1.54, 1.807) is 6.20 Å². The third-order valence-corrected chi connectivity index (χ3v) is 6.41. The fraction of sp³-hybridized carbons (Fsp3) is 0.318. The summed E-state index contributed by atoms with van der Waals surface area (Å²) in [7, 11) is -3.72. The number of rotatable bonds is 7. The Balaban J connectivity index is 1.60. The Labute approximate surface area is 203 Å². The van der Waals surface area contributed by atoms with Crippen LogP contribution in [0.1, 0.15) is 48.5 Å². The summed E-state index contributed by atoms with van der Waals surface area (Å²) in [5.41, 5.74) is 1.01. The van der Waals surface area contributed by atoms with Crippen molar-refractivity contribution in [3.63, 3.8) is 0 Å². The van der Waals surface area contributed by atoms with Crippen molar-refractivity contribution in [2.45, 2.75) is 43.9 Å². The summed E-state index contributed by atoms with van der Waals surface area (Å²) in [6.45, 7) is 3.75. The van der Waals surface area contributed by atoms with E-state index in [0.717, 1.165) is 25.2 Å². The van der Waals surface area contributed by atoms with Gasteiger partial charge in [-0.2, -0.15) is 5.10 Å². The van der Waals surface area contributed by atoms with E-state index in [4.69, 9.17) is 4.42 Å². The van der Waals surface area contributed by atoms with Crippen LogP contribution in [0.5, 0.6) is 0 Å². The standard InChI is InChI=1S/C22H21F2N7O4S/c1-10(2)17-13(21-29-30-22(35-21)36(3,33)34)8-31-18(17)19(25-9-26-31)28-16-6-12(14(23)7-15(16)24)20(32)27-11-4-5-11/h6-11H,4-5H2,1-3H3,(H,27,32)(H,25,26,28). The van der Waals surface area contributed by atoms with Crippen molar-refractivity contribution in [3.05, 3.63) is 47.4 Å². The molecule has 0 saturated heterocycles. The Morgan fingerprint density at radius 2 is 1.94 bits per heavy atom. The number of nitrogens with one attached hydrogen (secondary N) is 2. The van der Waals surface area contributed by atoms with Gasteiger partial charge in [-0.25, -0.2) is 26.7 Å². The first-order valence-corrected chi connectivity index (χ1v) is 12.9. The minimum atomic E-state index is -3.72. The molecule has 3 heterocycles. The van der Waals surface area contributed by atoms with Gasteiger partial charge >= 0.3 is 5.22 Å². The summed E-state index contributed by atoms with van der Waals surface area (Å²) < 4.78 is 59.5. The Morgan fingerprint density at radius 3 is 2.58 bits per heavy atom. The first-order valence-electron chi connectivity index (χ1n) is 11.0. The fourth-order valence-electron chi connectivity index (χ4n) is 3.79. The predicted octanol–water partition coefficient (Wildman–Crippen LogP) is 3.22. The number of fused-ring (bicyclic) bond motifs is 1. The second kappa shape index (κ2) is 8.62. The second-order valence-corrected chi connectivity index (χ2v) is 10.7. The highest BCUT2D eigenvalue weighted by molar-refractivity contribution is 7.90. The molecule has 1 amide bonds. The number of halogens is 2. The second-order valence-electron chi connectivity index (χ2n) is 8.84. The first-order chi connectivity index (χ1) is 17.0. The third-order valence-electron chi connectivity index (χ3n) is 5.61. The van der Waals surface area contributed by atoms with E-state index >= 15 is 0 Å². The van der Waals surface area contributed by atoms with Crippen molar-refractivity contribution in [3.8, 4) is 11.5 Å². The van der Waals surface area contributed by atoms with E-state index in [0.29, 0.717) is 22.7 Å². The average Bonchev–Trinajstić information content (AvgIpc) is 3.31. The number of hydrogen-bond donors (Lipinski definition) is 2. The first kappa shape index (κ1) is 23.8. The summed E-state index contributed by atoms with van der Waals surface area (Å²) in [6.07, 6.45) is 5.37. The Morgan fingerprint density at radius 1 is 1.19 bits per heavy atom. The number of anilines is 2. The fourth-order valence-corrected chi connectivity index (χ4v) is 4.21. The lowest BCUT2D eigenvalue weighted by molar-refractivity contribution is 0.0947. The monoisotopic (exact) mass is 517 g/mol. The zero-order valence-corrected chi connectivity index (χ0v) is 20.2. The summed E-state index contributed by atoms with van der Waals surface area (Å²) in [5, 5.41) is 16.7. The molecule has 0 atom stereocenters. The molecule has 0 unspecified atom stereocenters. The zero-order valence-electron chi connectivity index (χ0n) is 19.4. The van der Waals surface area contributed by atoms with Crippen LogP contribution in [0, 0.1) is 11.6 Å². The van der Waals surface area contributed by atoms with Crippen molar-refractivity contribution in [2.75, 3.05) is 11.6 Å². The molecule has 1 fully saturated rings. The Kier molecular flexibility index (Phi) is 5.70. The smallest absolute Gasteiger partial charge is 0.335 e. The molecule has 4 aromatic rings. The van der Waals surface area contributed by atoms with Gasteiger partial charge in [-0.3, -0.25) is 4.79 Å². The largest absolute Gasteiger partial charge is 0.408 e. The quantitative estimate of drug-likeness (QED) is 0.377. The molecular formula is C22H21F2N7O4S.